The summed E-state index contributed by atoms with van der Waals surface area (Å²) in [6.45, 7) is 0.535. The molecule has 0 aliphatic carbocycles. The molecule has 5 heteroatoms. The van der Waals surface area contributed by atoms with Gasteiger partial charge in [0.05, 0.1) is 18.6 Å². The molecule has 0 bridgehead atoms. The van der Waals surface area contributed by atoms with Gasteiger partial charge in [0.15, 0.2) is 0 Å². The fraction of sp³-hybridized carbons (Fsp3) is 0.267. The van der Waals surface area contributed by atoms with Crippen molar-refractivity contribution in [3.8, 4) is 0 Å². The monoisotopic (exact) mass is 305 g/mol. The van der Waals surface area contributed by atoms with Crippen molar-refractivity contribution in [1.29, 1.82) is 0 Å². The molecule has 1 atom stereocenters. The van der Waals surface area contributed by atoms with Crippen LogP contribution in [0.4, 0.5) is 0 Å². The van der Waals surface area contributed by atoms with Crippen LogP contribution < -0.4 is 0 Å². The van der Waals surface area contributed by atoms with Crippen LogP contribution in [0.3, 0.4) is 0 Å². The molecule has 0 saturated carbocycles. The van der Waals surface area contributed by atoms with Crippen LogP contribution in [-0.2, 0) is 11.3 Å². The van der Waals surface area contributed by atoms with Crippen molar-refractivity contribution in [2.45, 2.75) is 16.8 Å². The van der Waals surface area contributed by atoms with E-state index in [1.54, 1.807) is 29.8 Å². The third-order valence-corrected chi connectivity index (χ3v) is 5.27. The van der Waals surface area contributed by atoms with Crippen molar-refractivity contribution in [2.75, 3.05) is 12.0 Å². The van der Waals surface area contributed by atoms with Gasteiger partial charge in [-0.2, -0.15) is 0 Å². The molecule has 20 heavy (non-hydrogen) atoms. The zero-order valence-electron chi connectivity index (χ0n) is 11.1. The number of nitrogens with zero attached hydrogens (tertiary/aromatic N) is 1. The van der Waals surface area contributed by atoms with E-state index >= 15 is 0 Å². The zero-order chi connectivity index (χ0) is 13.9. The highest BCUT2D eigenvalue weighted by Crippen LogP contribution is 2.39. The lowest BCUT2D eigenvalue weighted by Gasteiger charge is -2.23. The first-order valence-corrected chi connectivity index (χ1v) is 8.62. The Morgan fingerprint density at radius 3 is 2.80 bits per heavy atom. The number of hydrogen-bond acceptors (Lipinski definition) is 4. The molecule has 104 valence electrons. The second kappa shape index (κ2) is 5.97. The molecular weight excluding hydrogens is 290 g/mol. The molecule has 0 N–H and O–H groups in total. The SMILES string of the molecule is CSc1ccc(C2SCC(=O)N2Cc2ccco2)cc1. The van der Waals surface area contributed by atoms with Crippen LogP contribution in [0.5, 0.6) is 0 Å². The molecule has 0 spiro atoms. The average molecular weight is 305 g/mol. The van der Waals surface area contributed by atoms with Crippen molar-refractivity contribution in [1.82, 2.24) is 4.90 Å². The van der Waals surface area contributed by atoms with E-state index < -0.39 is 0 Å². The largest absolute Gasteiger partial charge is 0.467 e. The summed E-state index contributed by atoms with van der Waals surface area (Å²) < 4.78 is 5.36. The summed E-state index contributed by atoms with van der Waals surface area (Å²) in [6, 6.07) is 12.2. The third-order valence-electron chi connectivity index (χ3n) is 3.28. The fourth-order valence-corrected chi connectivity index (χ4v) is 3.84. The second-order valence-corrected chi connectivity index (χ2v) is 6.49. The van der Waals surface area contributed by atoms with Crippen molar-refractivity contribution in [3.63, 3.8) is 0 Å². The summed E-state index contributed by atoms with van der Waals surface area (Å²) in [6.07, 6.45) is 3.71. The molecule has 1 amide bonds. The van der Waals surface area contributed by atoms with Gasteiger partial charge >= 0.3 is 0 Å². The lowest BCUT2D eigenvalue weighted by atomic mass is 10.2. The third kappa shape index (κ3) is 2.74. The van der Waals surface area contributed by atoms with Gasteiger partial charge in [-0.05, 0) is 36.1 Å². The number of carbonyl (C=O) groups is 1. The molecule has 1 aromatic heterocycles. The lowest BCUT2D eigenvalue weighted by molar-refractivity contribution is -0.128. The van der Waals surface area contributed by atoms with E-state index in [9.17, 15) is 4.79 Å². The second-order valence-electron chi connectivity index (χ2n) is 4.54. The van der Waals surface area contributed by atoms with E-state index in [-0.39, 0.29) is 11.3 Å². The van der Waals surface area contributed by atoms with Crippen molar-refractivity contribution >= 4 is 29.4 Å². The summed E-state index contributed by atoms with van der Waals surface area (Å²) in [5.41, 5.74) is 1.17. The molecule has 1 fully saturated rings. The highest BCUT2D eigenvalue weighted by atomic mass is 32.2. The highest BCUT2D eigenvalue weighted by molar-refractivity contribution is 8.00. The molecule has 2 aromatic rings. The number of furan rings is 1. The summed E-state index contributed by atoms with van der Waals surface area (Å²) in [5.74, 6) is 1.53. The standard InChI is InChI=1S/C15H15NO2S2/c1-19-13-6-4-11(5-7-13)15-16(14(17)10-20-15)9-12-3-2-8-18-12/h2-8,15H,9-10H2,1H3. The normalized spacial score (nSPS) is 18.8. The van der Waals surface area contributed by atoms with Gasteiger partial charge in [-0.25, -0.2) is 0 Å². The average Bonchev–Trinajstić information content (AvgIpc) is 3.11. The number of thioether (sulfide) groups is 2. The minimum absolute atomic E-state index is 0.0866. The topological polar surface area (TPSA) is 33.5 Å². The summed E-state index contributed by atoms with van der Waals surface area (Å²) >= 11 is 3.40. The van der Waals surface area contributed by atoms with Gasteiger partial charge in [-0.3, -0.25) is 4.79 Å². The zero-order valence-corrected chi connectivity index (χ0v) is 12.7. The van der Waals surface area contributed by atoms with Crippen molar-refractivity contribution in [2.24, 2.45) is 0 Å². The molecule has 2 heterocycles. The number of hydrogen-bond donors (Lipinski definition) is 0. The van der Waals surface area contributed by atoms with Crippen LogP contribution in [0.15, 0.2) is 52.0 Å². The van der Waals surface area contributed by atoms with Crippen LogP contribution >= 0.6 is 23.5 Å². The number of carbonyl (C=O) groups excluding carboxylic acids is 1. The first kappa shape index (κ1) is 13.6. The molecule has 1 aromatic carbocycles. The maximum atomic E-state index is 12.1. The summed E-state index contributed by atoms with van der Waals surface area (Å²) in [7, 11) is 0. The van der Waals surface area contributed by atoms with E-state index in [4.69, 9.17) is 4.42 Å². The fourth-order valence-electron chi connectivity index (χ4n) is 2.24. The number of rotatable bonds is 4. The van der Waals surface area contributed by atoms with E-state index in [1.165, 1.54) is 10.5 Å². The molecule has 3 nitrogen and oxygen atoms in total. The Labute approximate surface area is 126 Å². The van der Waals surface area contributed by atoms with Gasteiger partial charge < -0.3 is 9.32 Å². The van der Waals surface area contributed by atoms with Crippen molar-refractivity contribution < 1.29 is 9.21 Å². The molecule has 3 rings (SSSR count). The van der Waals surface area contributed by atoms with Gasteiger partial charge in [0.1, 0.15) is 11.1 Å². The first-order valence-electron chi connectivity index (χ1n) is 6.35. The van der Waals surface area contributed by atoms with Gasteiger partial charge in [0.25, 0.3) is 0 Å². The smallest absolute Gasteiger partial charge is 0.234 e. The molecule has 0 radical (unpaired) electrons. The number of benzene rings is 1. The van der Waals surface area contributed by atoms with Gasteiger partial charge in [-0.15, -0.1) is 23.5 Å². The highest BCUT2D eigenvalue weighted by Gasteiger charge is 2.33. The van der Waals surface area contributed by atoms with E-state index in [0.29, 0.717) is 12.3 Å². The first-order chi connectivity index (χ1) is 9.78. The predicted molar refractivity (Wildman–Crippen MR) is 82.7 cm³/mol. The minimum atomic E-state index is 0.0866. The summed E-state index contributed by atoms with van der Waals surface area (Å²) in [5, 5.41) is 0.0866. The maximum absolute atomic E-state index is 12.1. The van der Waals surface area contributed by atoms with Gasteiger partial charge in [0, 0.05) is 4.90 Å². The Hall–Kier alpha value is -1.33. The van der Waals surface area contributed by atoms with Crippen LogP contribution in [0.25, 0.3) is 0 Å². The molecule has 1 unspecified atom stereocenters. The van der Waals surface area contributed by atoms with Crippen LogP contribution in [0.2, 0.25) is 0 Å². The van der Waals surface area contributed by atoms with E-state index in [0.717, 1.165) is 5.76 Å². The van der Waals surface area contributed by atoms with Crippen LogP contribution in [0, 0.1) is 0 Å². The molecular formula is C15H15NO2S2. The van der Waals surface area contributed by atoms with Gasteiger partial charge in [0.2, 0.25) is 5.91 Å². The Bertz CT molecular complexity index is 580. The minimum Gasteiger partial charge on any atom is -0.467 e. The van der Waals surface area contributed by atoms with Gasteiger partial charge in [-0.1, -0.05) is 12.1 Å². The maximum Gasteiger partial charge on any atom is 0.234 e. The Morgan fingerprint density at radius 1 is 1.35 bits per heavy atom. The quantitative estimate of drug-likeness (QED) is 0.805. The molecule has 1 aliphatic rings. The lowest BCUT2D eigenvalue weighted by Crippen LogP contribution is -2.27. The Balaban J connectivity index is 1.81. The predicted octanol–water partition coefficient (Wildman–Crippen LogP) is 3.78. The molecule has 1 saturated heterocycles. The van der Waals surface area contributed by atoms with Crippen LogP contribution in [-0.4, -0.2) is 22.8 Å². The van der Waals surface area contributed by atoms with Crippen molar-refractivity contribution in [3.05, 3.63) is 54.0 Å². The number of amides is 1. The summed E-state index contributed by atoms with van der Waals surface area (Å²) in [4.78, 5) is 15.2. The Morgan fingerprint density at radius 2 is 2.15 bits per heavy atom. The van der Waals surface area contributed by atoms with E-state index in [1.807, 2.05) is 17.0 Å². The van der Waals surface area contributed by atoms with E-state index in [2.05, 4.69) is 30.5 Å². The van der Waals surface area contributed by atoms with Crippen LogP contribution in [0.1, 0.15) is 16.7 Å². The molecule has 1 aliphatic heterocycles. The Kier molecular flexibility index (Phi) is 4.08.